The summed E-state index contributed by atoms with van der Waals surface area (Å²) in [6.45, 7) is 0. The molecule has 2 aromatic heterocycles. The molecule has 0 aromatic carbocycles. The maximum atomic E-state index is 5.23. The minimum Gasteiger partial charge on any atom is -0.417 e. The predicted octanol–water partition coefficient (Wildman–Crippen LogP) is 1.06. The number of ether oxygens (including phenoxy) is 1. The van der Waals surface area contributed by atoms with Gasteiger partial charge >= 0.3 is 0 Å². The molecule has 5 nitrogen and oxygen atoms in total. The van der Waals surface area contributed by atoms with E-state index in [-0.39, 0.29) is 0 Å². The van der Waals surface area contributed by atoms with Gasteiger partial charge in [0.25, 0.3) is 0 Å². The Kier molecular flexibility index (Phi) is 2.09. The molecule has 0 radical (unpaired) electrons. The molecule has 13 heavy (non-hydrogen) atoms. The highest BCUT2D eigenvalue weighted by Crippen LogP contribution is 2.12. The molecule has 0 fully saturated rings. The lowest BCUT2D eigenvalue weighted by Crippen LogP contribution is -1.91. The Morgan fingerprint density at radius 3 is 1.77 bits per heavy atom. The van der Waals surface area contributed by atoms with Crippen molar-refractivity contribution in [2.75, 3.05) is 0 Å². The topological polar surface area (TPSA) is 60.8 Å². The van der Waals surface area contributed by atoms with Crippen LogP contribution in [0.5, 0.6) is 11.8 Å². The smallest absolute Gasteiger partial charge is 0.240 e. The molecular formula is C8H6N4O. The van der Waals surface area contributed by atoms with Crippen LogP contribution in [0.15, 0.2) is 36.7 Å². The summed E-state index contributed by atoms with van der Waals surface area (Å²) in [4.78, 5) is 0. The Morgan fingerprint density at radius 1 is 0.846 bits per heavy atom. The first-order chi connectivity index (χ1) is 6.45. The van der Waals surface area contributed by atoms with Crippen LogP contribution >= 0.6 is 0 Å². The van der Waals surface area contributed by atoms with Crippen LogP contribution in [0.3, 0.4) is 0 Å². The fourth-order valence-corrected chi connectivity index (χ4v) is 0.791. The second-order valence-electron chi connectivity index (χ2n) is 2.23. The summed E-state index contributed by atoms with van der Waals surface area (Å²) >= 11 is 0. The van der Waals surface area contributed by atoms with Crippen molar-refractivity contribution < 1.29 is 4.74 Å². The molecule has 0 aliphatic heterocycles. The van der Waals surface area contributed by atoms with Crippen LogP contribution in [0, 0.1) is 0 Å². The second kappa shape index (κ2) is 3.57. The number of nitrogens with zero attached hydrogens (tertiary/aromatic N) is 4. The monoisotopic (exact) mass is 174 g/mol. The first-order valence-corrected chi connectivity index (χ1v) is 3.68. The molecule has 0 saturated carbocycles. The van der Waals surface area contributed by atoms with Gasteiger partial charge in [0.05, 0.1) is 0 Å². The van der Waals surface area contributed by atoms with Crippen LogP contribution in [0.25, 0.3) is 0 Å². The summed E-state index contributed by atoms with van der Waals surface area (Å²) in [6.07, 6.45) is 3.15. The van der Waals surface area contributed by atoms with Crippen molar-refractivity contribution >= 4 is 0 Å². The average molecular weight is 174 g/mol. The Labute approximate surface area is 74.4 Å². The van der Waals surface area contributed by atoms with Gasteiger partial charge in [-0.05, 0) is 12.1 Å². The van der Waals surface area contributed by atoms with Crippen molar-refractivity contribution in [1.82, 2.24) is 20.4 Å². The molecule has 2 rings (SSSR count). The molecule has 0 atom stereocenters. The minimum absolute atomic E-state index is 0.406. The molecule has 0 unspecified atom stereocenters. The fourth-order valence-electron chi connectivity index (χ4n) is 0.791. The Balaban J connectivity index is 2.16. The molecule has 0 N–H and O–H groups in total. The highest BCUT2D eigenvalue weighted by molar-refractivity contribution is 5.15. The van der Waals surface area contributed by atoms with E-state index in [1.54, 1.807) is 36.7 Å². The lowest BCUT2D eigenvalue weighted by Gasteiger charge is -1.99. The summed E-state index contributed by atoms with van der Waals surface area (Å²) in [5.74, 6) is 0.811. The number of hydrogen-bond donors (Lipinski definition) is 0. The van der Waals surface area contributed by atoms with E-state index < -0.39 is 0 Å². The maximum absolute atomic E-state index is 5.23. The third-order valence-corrected chi connectivity index (χ3v) is 1.30. The van der Waals surface area contributed by atoms with Gasteiger partial charge in [0.1, 0.15) is 0 Å². The summed E-state index contributed by atoms with van der Waals surface area (Å²) < 4.78 is 5.23. The largest absolute Gasteiger partial charge is 0.417 e. The SMILES string of the molecule is c1cnnc(Oc2cccnn2)c1. The molecule has 0 aliphatic rings. The van der Waals surface area contributed by atoms with Gasteiger partial charge in [-0.1, -0.05) is 0 Å². The minimum atomic E-state index is 0.406. The lowest BCUT2D eigenvalue weighted by molar-refractivity contribution is 0.431. The van der Waals surface area contributed by atoms with Crippen molar-refractivity contribution in [3.63, 3.8) is 0 Å². The summed E-state index contributed by atoms with van der Waals surface area (Å²) in [6, 6.07) is 6.86. The second-order valence-corrected chi connectivity index (χ2v) is 2.23. The van der Waals surface area contributed by atoms with Gasteiger partial charge in [-0.2, -0.15) is 10.2 Å². The van der Waals surface area contributed by atoms with Crippen molar-refractivity contribution in [3.8, 4) is 11.8 Å². The molecule has 0 aliphatic carbocycles. The van der Waals surface area contributed by atoms with E-state index in [0.717, 1.165) is 0 Å². The van der Waals surface area contributed by atoms with E-state index in [1.807, 2.05) is 0 Å². The fraction of sp³-hybridized carbons (Fsp3) is 0. The van der Waals surface area contributed by atoms with E-state index in [1.165, 1.54) is 0 Å². The van der Waals surface area contributed by atoms with Crippen molar-refractivity contribution in [2.24, 2.45) is 0 Å². The number of hydrogen-bond acceptors (Lipinski definition) is 5. The van der Waals surface area contributed by atoms with E-state index in [9.17, 15) is 0 Å². The average Bonchev–Trinajstić information content (AvgIpc) is 2.21. The Bertz CT molecular complexity index is 327. The molecule has 2 heterocycles. The van der Waals surface area contributed by atoms with Gasteiger partial charge in [0.15, 0.2) is 0 Å². The normalized spacial score (nSPS) is 9.54. The van der Waals surface area contributed by atoms with Crippen LogP contribution in [0.1, 0.15) is 0 Å². The van der Waals surface area contributed by atoms with Gasteiger partial charge in [-0.25, -0.2) is 0 Å². The summed E-state index contributed by atoms with van der Waals surface area (Å²) in [5, 5.41) is 14.8. The maximum Gasteiger partial charge on any atom is 0.240 e. The first-order valence-electron chi connectivity index (χ1n) is 3.68. The molecule has 0 amide bonds. The molecule has 2 aromatic rings. The molecule has 0 spiro atoms. The zero-order valence-corrected chi connectivity index (χ0v) is 6.66. The number of aromatic nitrogens is 4. The van der Waals surface area contributed by atoms with Crippen LogP contribution in [-0.4, -0.2) is 20.4 Å². The van der Waals surface area contributed by atoms with Gasteiger partial charge < -0.3 is 4.74 Å². The lowest BCUT2D eigenvalue weighted by atomic mass is 10.5. The van der Waals surface area contributed by atoms with Crippen molar-refractivity contribution in [3.05, 3.63) is 36.7 Å². The molecule has 64 valence electrons. The van der Waals surface area contributed by atoms with Crippen molar-refractivity contribution in [2.45, 2.75) is 0 Å². The van der Waals surface area contributed by atoms with E-state index in [2.05, 4.69) is 20.4 Å². The molecule has 0 bridgehead atoms. The zero-order chi connectivity index (χ0) is 8.93. The van der Waals surface area contributed by atoms with E-state index in [0.29, 0.717) is 11.8 Å². The summed E-state index contributed by atoms with van der Waals surface area (Å²) in [7, 11) is 0. The molecule has 5 heteroatoms. The van der Waals surface area contributed by atoms with Gasteiger partial charge in [0, 0.05) is 24.5 Å². The van der Waals surface area contributed by atoms with Crippen molar-refractivity contribution in [1.29, 1.82) is 0 Å². The van der Waals surface area contributed by atoms with Crippen LogP contribution in [0.2, 0.25) is 0 Å². The third kappa shape index (κ3) is 1.96. The predicted molar refractivity (Wildman–Crippen MR) is 44.1 cm³/mol. The molecular weight excluding hydrogens is 168 g/mol. The standard InChI is InChI=1S/C8H6N4O/c1-3-7(11-9-5-1)13-8-4-2-6-10-12-8/h1-6H. The zero-order valence-electron chi connectivity index (χ0n) is 6.66. The Hall–Kier alpha value is -2.04. The van der Waals surface area contributed by atoms with Gasteiger partial charge in [0.2, 0.25) is 11.8 Å². The highest BCUT2D eigenvalue weighted by atomic mass is 16.5. The van der Waals surface area contributed by atoms with Gasteiger partial charge in [-0.3, -0.25) is 0 Å². The van der Waals surface area contributed by atoms with Crippen LogP contribution in [-0.2, 0) is 0 Å². The highest BCUT2D eigenvalue weighted by Gasteiger charge is 1.97. The third-order valence-electron chi connectivity index (χ3n) is 1.30. The first kappa shape index (κ1) is 7.60. The number of rotatable bonds is 2. The Morgan fingerprint density at radius 2 is 1.38 bits per heavy atom. The van der Waals surface area contributed by atoms with E-state index >= 15 is 0 Å². The quantitative estimate of drug-likeness (QED) is 0.681. The van der Waals surface area contributed by atoms with Crippen LogP contribution < -0.4 is 4.74 Å². The van der Waals surface area contributed by atoms with Gasteiger partial charge in [-0.15, -0.1) is 10.2 Å². The van der Waals surface area contributed by atoms with Crippen LogP contribution in [0.4, 0.5) is 0 Å². The summed E-state index contributed by atoms with van der Waals surface area (Å²) in [5.41, 5.74) is 0. The van der Waals surface area contributed by atoms with E-state index in [4.69, 9.17) is 4.74 Å². The molecule has 0 saturated heterocycles.